The molecule has 0 fully saturated rings. The molecule has 0 radical (unpaired) electrons. The SMILES string of the molecule is Cc1ccc(NC(c2cccs2)c2ccc(Cl)s2)c(Cl)c1. The van der Waals surface area contributed by atoms with E-state index in [-0.39, 0.29) is 6.04 Å². The van der Waals surface area contributed by atoms with Crippen molar-refractivity contribution >= 4 is 51.6 Å². The molecule has 1 unspecified atom stereocenters. The fourth-order valence-corrected chi connectivity index (χ4v) is 4.40. The highest BCUT2D eigenvalue weighted by Crippen LogP contribution is 2.37. The molecule has 3 aromatic rings. The third kappa shape index (κ3) is 3.43. The maximum Gasteiger partial charge on any atom is 0.0954 e. The Bertz CT molecular complexity index is 735. The van der Waals surface area contributed by atoms with E-state index in [9.17, 15) is 0 Å². The molecule has 0 saturated carbocycles. The minimum absolute atomic E-state index is 0.0720. The van der Waals surface area contributed by atoms with Crippen molar-refractivity contribution in [3.05, 3.63) is 72.5 Å². The second kappa shape index (κ2) is 6.41. The van der Waals surface area contributed by atoms with E-state index in [1.165, 1.54) is 9.75 Å². The Balaban J connectivity index is 1.96. The number of halogens is 2. The Hall–Kier alpha value is -1.000. The van der Waals surface area contributed by atoms with Gasteiger partial charge in [-0.3, -0.25) is 0 Å². The van der Waals surface area contributed by atoms with Crippen molar-refractivity contribution in [3.63, 3.8) is 0 Å². The molecular weight excluding hydrogens is 341 g/mol. The van der Waals surface area contributed by atoms with Crippen LogP contribution in [0.25, 0.3) is 0 Å². The van der Waals surface area contributed by atoms with E-state index < -0.39 is 0 Å². The van der Waals surface area contributed by atoms with Crippen LogP contribution in [0.4, 0.5) is 5.69 Å². The average Bonchev–Trinajstić information content (AvgIpc) is 3.09. The fourth-order valence-electron chi connectivity index (χ4n) is 2.11. The second-order valence-corrected chi connectivity index (χ2v) is 7.85. The summed E-state index contributed by atoms with van der Waals surface area (Å²) in [4.78, 5) is 2.42. The standard InChI is InChI=1S/C16H13Cl2NS2/c1-10-4-5-12(11(17)9-10)19-16(13-3-2-8-20-13)14-6-7-15(18)21-14/h2-9,16,19H,1H3. The van der Waals surface area contributed by atoms with Gasteiger partial charge in [0.15, 0.2) is 0 Å². The third-order valence-corrected chi connectivity index (χ3v) is 5.68. The largest absolute Gasteiger partial charge is 0.372 e. The molecule has 0 spiro atoms. The molecular formula is C16H13Cl2NS2. The predicted molar refractivity (Wildman–Crippen MR) is 95.3 cm³/mol. The van der Waals surface area contributed by atoms with E-state index in [4.69, 9.17) is 23.2 Å². The number of nitrogens with one attached hydrogen (secondary N) is 1. The van der Waals surface area contributed by atoms with Crippen molar-refractivity contribution in [3.8, 4) is 0 Å². The molecule has 2 aromatic heterocycles. The predicted octanol–water partition coefficient (Wildman–Crippen LogP) is 6.63. The molecule has 0 aliphatic carbocycles. The van der Waals surface area contributed by atoms with Gasteiger partial charge in [-0.2, -0.15) is 0 Å². The van der Waals surface area contributed by atoms with Gasteiger partial charge >= 0.3 is 0 Å². The average molecular weight is 354 g/mol. The van der Waals surface area contributed by atoms with Crippen molar-refractivity contribution in [1.82, 2.24) is 0 Å². The van der Waals surface area contributed by atoms with E-state index in [1.54, 1.807) is 22.7 Å². The van der Waals surface area contributed by atoms with E-state index in [1.807, 2.05) is 25.1 Å². The van der Waals surface area contributed by atoms with E-state index in [0.29, 0.717) is 0 Å². The lowest BCUT2D eigenvalue weighted by Crippen LogP contribution is -2.09. The van der Waals surface area contributed by atoms with Gasteiger partial charge in [0.1, 0.15) is 0 Å². The van der Waals surface area contributed by atoms with E-state index in [0.717, 1.165) is 20.6 Å². The lowest BCUT2D eigenvalue weighted by atomic mass is 10.1. The molecule has 5 heteroatoms. The number of thiophene rings is 2. The number of anilines is 1. The zero-order chi connectivity index (χ0) is 14.8. The Morgan fingerprint density at radius 2 is 1.90 bits per heavy atom. The maximum atomic E-state index is 6.35. The van der Waals surface area contributed by atoms with Crippen molar-refractivity contribution in [2.45, 2.75) is 13.0 Å². The molecule has 0 saturated heterocycles. The van der Waals surface area contributed by atoms with Crippen LogP contribution in [0.2, 0.25) is 9.36 Å². The van der Waals surface area contributed by atoms with Crippen LogP contribution in [0.15, 0.2) is 47.8 Å². The first kappa shape index (κ1) is 14.9. The summed E-state index contributed by atoms with van der Waals surface area (Å²) < 4.78 is 0.795. The summed E-state index contributed by atoms with van der Waals surface area (Å²) in [7, 11) is 0. The van der Waals surface area contributed by atoms with Gasteiger partial charge in [-0.05, 0) is 48.2 Å². The van der Waals surface area contributed by atoms with Gasteiger partial charge in [0.2, 0.25) is 0 Å². The minimum atomic E-state index is 0.0720. The summed E-state index contributed by atoms with van der Waals surface area (Å²) >= 11 is 15.7. The van der Waals surface area contributed by atoms with Crippen LogP contribution in [-0.2, 0) is 0 Å². The van der Waals surface area contributed by atoms with Gasteiger partial charge in [0.25, 0.3) is 0 Å². The number of aryl methyl sites for hydroxylation is 1. The van der Waals surface area contributed by atoms with Gasteiger partial charge in [-0.1, -0.05) is 35.3 Å². The fraction of sp³-hybridized carbons (Fsp3) is 0.125. The van der Waals surface area contributed by atoms with Crippen LogP contribution in [0.5, 0.6) is 0 Å². The molecule has 0 aliphatic rings. The van der Waals surface area contributed by atoms with Crippen molar-refractivity contribution < 1.29 is 0 Å². The molecule has 1 nitrogen and oxygen atoms in total. The summed E-state index contributed by atoms with van der Waals surface area (Å²) in [6, 6.07) is 14.3. The van der Waals surface area contributed by atoms with Crippen molar-refractivity contribution in [2.75, 3.05) is 5.32 Å². The highest BCUT2D eigenvalue weighted by Gasteiger charge is 2.18. The first-order valence-corrected chi connectivity index (χ1v) is 8.90. The quantitative estimate of drug-likeness (QED) is 0.555. The summed E-state index contributed by atoms with van der Waals surface area (Å²) in [5.41, 5.74) is 2.09. The summed E-state index contributed by atoms with van der Waals surface area (Å²) in [6.07, 6.45) is 0. The summed E-state index contributed by atoms with van der Waals surface area (Å²) in [5, 5.41) is 6.35. The van der Waals surface area contributed by atoms with E-state index in [2.05, 4.69) is 35.0 Å². The van der Waals surface area contributed by atoms with Gasteiger partial charge < -0.3 is 5.32 Å². The topological polar surface area (TPSA) is 12.0 Å². The van der Waals surface area contributed by atoms with Crippen LogP contribution in [0, 0.1) is 6.92 Å². The van der Waals surface area contributed by atoms with Gasteiger partial charge in [0, 0.05) is 9.75 Å². The van der Waals surface area contributed by atoms with Crippen LogP contribution >= 0.6 is 45.9 Å². The summed E-state index contributed by atoms with van der Waals surface area (Å²) in [5.74, 6) is 0. The molecule has 0 bridgehead atoms. The molecule has 108 valence electrons. The van der Waals surface area contributed by atoms with Crippen molar-refractivity contribution in [1.29, 1.82) is 0 Å². The molecule has 1 atom stereocenters. The Morgan fingerprint density at radius 3 is 2.52 bits per heavy atom. The first-order valence-electron chi connectivity index (χ1n) is 6.45. The zero-order valence-corrected chi connectivity index (χ0v) is 14.4. The van der Waals surface area contributed by atoms with Gasteiger partial charge in [-0.25, -0.2) is 0 Å². The minimum Gasteiger partial charge on any atom is -0.372 e. The Morgan fingerprint density at radius 1 is 1.05 bits per heavy atom. The summed E-state index contributed by atoms with van der Waals surface area (Å²) in [6.45, 7) is 2.03. The highest BCUT2D eigenvalue weighted by atomic mass is 35.5. The molecule has 0 aliphatic heterocycles. The molecule has 21 heavy (non-hydrogen) atoms. The van der Waals surface area contributed by atoms with E-state index >= 15 is 0 Å². The number of rotatable bonds is 4. The lowest BCUT2D eigenvalue weighted by molar-refractivity contribution is 0.993. The van der Waals surface area contributed by atoms with Crippen LogP contribution < -0.4 is 5.32 Å². The smallest absolute Gasteiger partial charge is 0.0954 e. The van der Waals surface area contributed by atoms with Crippen molar-refractivity contribution in [2.24, 2.45) is 0 Å². The van der Waals surface area contributed by atoms with Gasteiger partial charge in [0.05, 0.1) is 21.1 Å². The van der Waals surface area contributed by atoms with Gasteiger partial charge in [-0.15, -0.1) is 22.7 Å². The van der Waals surface area contributed by atoms with Crippen LogP contribution in [0.1, 0.15) is 21.4 Å². The number of hydrogen-bond acceptors (Lipinski definition) is 3. The normalized spacial score (nSPS) is 12.3. The molecule has 3 rings (SSSR count). The van der Waals surface area contributed by atoms with Crippen LogP contribution in [0.3, 0.4) is 0 Å². The highest BCUT2D eigenvalue weighted by molar-refractivity contribution is 7.16. The number of benzene rings is 1. The molecule has 1 aromatic carbocycles. The number of hydrogen-bond donors (Lipinski definition) is 1. The molecule has 2 heterocycles. The monoisotopic (exact) mass is 353 g/mol. The molecule has 0 amide bonds. The first-order chi connectivity index (χ1) is 10.1. The third-order valence-electron chi connectivity index (χ3n) is 3.13. The Kier molecular flexibility index (Phi) is 4.55. The second-order valence-electron chi connectivity index (χ2n) is 4.72. The zero-order valence-electron chi connectivity index (χ0n) is 11.3. The Labute approximate surface area is 142 Å². The maximum absolute atomic E-state index is 6.35. The molecule has 1 N–H and O–H groups in total. The van der Waals surface area contributed by atoms with Crippen LogP contribution in [-0.4, -0.2) is 0 Å². The lowest BCUT2D eigenvalue weighted by Gasteiger charge is -2.18.